The molecular weight excluding hydrogens is 186 g/mol. The first-order valence-electron chi connectivity index (χ1n) is 5.91. The molecule has 1 aromatic heterocycles. The van der Waals surface area contributed by atoms with Crippen molar-refractivity contribution in [1.29, 1.82) is 0 Å². The van der Waals surface area contributed by atoms with Crippen LogP contribution in [0.1, 0.15) is 32.5 Å². The molecule has 86 valence electrons. The Morgan fingerprint density at radius 3 is 2.93 bits per heavy atom. The fourth-order valence-corrected chi connectivity index (χ4v) is 1.64. The van der Waals surface area contributed by atoms with Crippen LogP contribution in [0.3, 0.4) is 0 Å². The van der Waals surface area contributed by atoms with Gasteiger partial charge in [0.2, 0.25) is 0 Å². The maximum atomic E-state index is 4.33. The topological polar surface area (TPSA) is 29.9 Å². The summed E-state index contributed by atoms with van der Waals surface area (Å²) >= 11 is 0. The van der Waals surface area contributed by atoms with Crippen molar-refractivity contribution in [1.82, 2.24) is 14.9 Å². The smallest absolute Gasteiger partial charge is 0.108 e. The highest BCUT2D eigenvalue weighted by Gasteiger charge is 2.04. The fourth-order valence-electron chi connectivity index (χ4n) is 1.64. The minimum absolute atomic E-state index is 0.730. The van der Waals surface area contributed by atoms with E-state index in [4.69, 9.17) is 0 Å². The summed E-state index contributed by atoms with van der Waals surface area (Å²) in [5, 5.41) is 3.45. The van der Waals surface area contributed by atoms with Gasteiger partial charge in [-0.2, -0.15) is 0 Å². The van der Waals surface area contributed by atoms with E-state index in [2.05, 4.69) is 35.8 Å². The molecule has 0 aliphatic carbocycles. The number of nitrogens with zero attached hydrogens (tertiary/aromatic N) is 2. The Bertz CT molecular complexity index is 268. The number of nitrogens with one attached hydrogen (secondary N) is 1. The first-order valence-corrected chi connectivity index (χ1v) is 5.91. The van der Waals surface area contributed by atoms with E-state index in [0.29, 0.717) is 0 Å². The van der Waals surface area contributed by atoms with Crippen LogP contribution in [0.15, 0.2) is 12.4 Å². The molecule has 0 aliphatic rings. The molecule has 3 heteroatoms. The first-order chi connectivity index (χ1) is 7.24. The molecule has 0 saturated heterocycles. The number of aromatic nitrogens is 2. The van der Waals surface area contributed by atoms with E-state index in [1.54, 1.807) is 0 Å². The van der Waals surface area contributed by atoms with Crippen molar-refractivity contribution in [2.45, 2.75) is 33.1 Å². The molecule has 0 bridgehead atoms. The van der Waals surface area contributed by atoms with Crippen molar-refractivity contribution < 1.29 is 0 Å². The Morgan fingerprint density at radius 1 is 1.53 bits per heavy atom. The molecular formula is C12H23N3. The van der Waals surface area contributed by atoms with E-state index in [0.717, 1.165) is 25.4 Å². The number of hydrogen-bond donors (Lipinski definition) is 1. The van der Waals surface area contributed by atoms with E-state index in [1.165, 1.54) is 18.7 Å². The Labute approximate surface area is 92.9 Å². The lowest BCUT2D eigenvalue weighted by atomic mass is 10.1. The zero-order valence-corrected chi connectivity index (χ0v) is 10.2. The molecule has 0 aliphatic heterocycles. The van der Waals surface area contributed by atoms with Crippen LogP contribution in [0.5, 0.6) is 0 Å². The molecule has 0 spiro atoms. The summed E-state index contributed by atoms with van der Waals surface area (Å²) in [6.45, 7) is 6.75. The van der Waals surface area contributed by atoms with Crippen molar-refractivity contribution in [2.75, 3.05) is 13.1 Å². The lowest BCUT2D eigenvalue weighted by molar-refractivity contribution is 0.474. The van der Waals surface area contributed by atoms with Gasteiger partial charge in [-0.3, -0.25) is 0 Å². The molecule has 1 unspecified atom stereocenters. The van der Waals surface area contributed by atoms with Crippen molar-refractivity contribution in [3.8, 4) is 0 Å². The molecule has 1 N–H and O–H groups in total. The van der Waals surface area contributed by atoms with E-state index in [-0.39, 0.29) is 0 Å². The highest BCUT2D eigenvalue weighted by molar-refractivity contribution is 4.91. The lowest BCUT2D eigenvalue weighted by Gasteiger charge is -2.11. The third-order valence-corrected chi connectivity index (χ3v) is 2.70. The molecule has 1 aromatic rings. The van der Waals surface area contributed by atoms with Crippen LogP contribution >= 0.6 is 0 Å². The van der Waals surface area contributed by atoms with Crippen molar-refractivity contribution in [3.05, 3.63) is 18.2 Å². The molecule has 3 nitrogen and oxygen atoms in total. The normalized spacial score (nSPS) is 13.0. The van der Waals surface area contributed by atoms with E-state index in [9.17, 15) is 0 Å². The third kappa shape index (κ3) is 4.47. The van der Waals surface area contributed by atoms with E-state index in [1.807, 2.05) is 12.4 Å². The number of rotatable bonds is 7. The quantitative estimate of drug-likeness (QED) is 0.696. The summed E-state index contributed by atoms with van der Waals surface area (Å²) in [6.07, 6.45) is 7.39. The van der Waals surface area contributed by atoms with Crippen molar-refractivity contribution in [3.63, 3.8) is 0 Å². The van der Waals surface area contributed by atoms with Gasteiger partial charge in [-0.05, 0) is 31.8 Å². The Kier molecular flexibility index (Phi) is 5.40. The van der Waals surface area contributed by atoms with Crippen LogP contribution < -0.4 is 5.32 Å². The first kappa shape index (κ1) is 12.2. The third-order valence-electron chi connectivity index (χ3n) is 2.70. The number of aryl methyl sites for hydroxylation is 2. The fraction of sp³-hybridized carbons (Fsp3) is 0.750. The average Bonchev–Trinajstić information content (AvgIpc) is 2.61. The standard InChI is InChI=1S/C12H23N3/c1-4-7-13-10-11(2)5-6-12-14-8-9-15(12)3/h8-9,11,13H,4-7,10H2,1-3H3. The minimum Gasteiger partial charge on any atom is -0.338 e. The minimum atomic E-state index is 0.730. The van der Waals surface area contributed by atoms with Crippen LogP contribution in [0.2, 0.25) is 0 Å². The monoisotopic (exact) mass is 209 g/mol. The van der Waals surface area contributed by atoms with Gasteiger partial charge in [-0.1, -0.05) is 13.8 Å². The summed E-state index contributed by atoms with van der Waals surface area (Å²) < 4.78 is 2.10. The highest BCUT2D eigenvalue weighted by atomic mass is 15.0. The summed E-state index contributed by atoms with van der Waals surface area (Å²) in [5.41, 5.74) is 0. The molecule has 0 aromatic carbocycles. The number of hydrogen-bond acceptors (Lipinski definition) is 2. The SMILES string of the molecule is CCCNCC(C)CCc1nccn1C. The summed E-state index contributed by atoms with van der Waals surface area (Å²) in [5.74, 6) is 1.92. The summed E-state index contributed by atoms with van der Waals surface area (Å²) in [7, 11) is 2.06. The van der Waals surface area contributed by atoms with Gasteiger partial charge >= 0.3 is 0 Å². The number of imidazole rings is 1. The Balaban J connectivity index is 2.16. The second-order valence-electron chi connectivity index (χ2n) is 4.30. The van der Waals surface area contributed by atoms with E-state index >= 15 is 0 Å². The predicted molar refractivity (Wildman–Crippen MR) is 63.9 cm³/mol. The molecule has 15 heavy (non-hydrogen) atoms. The van der Waals surface area contributed by atoms with Crippen molar-refractivity contribution in [2.24, 2.45) is 13.0 Å². The molecule has 0 radical (unpaired) electrons. The Morgan fingerprint density at radius 2 is 2.33 bits per heavy atom. The van der Waals surface area contributed by atoms with Gasteiger partial charge in [-0.25, -0.2) is 4.98 Å². The van der Waals surface area contributed by atoms with Crippen LogP contribution in [0, 0.1) is 5.92 Å². The summed E-state index contributed by atoms with van der Waals surface area (Å²) in [4.78, 5) is 4.33. The Hall–Kier alpha value is -0.830. The summed E-state index contributed by atoms with van der Waals surface area (Å²) in [6, 6.07) is 0. The zero-order chi connectivity index (χ0) is 11.1. The second kappa shape index (κ2) is 6.62. The second-order valence-corrected chi connectivity index (χ2v) is 4.30. The van der Waals surface area contributed by atoms with Gasteiger partial charge in [0.1, 0.15) is 5.82 Å². The maximum absolute atomic E-state index is 4.33. The molecule has 0 fully saturated rings. The average molecular weight is 209 g/mol. The lowest BCUT2D eigenvalue weighted by Crippen LogP contribution is -2.22. The van der Waals surface area contributed by atoms with Gasteiger partial charge < -0.3 is 9.88 Å². The van der Waals surface area contributed by atoms with Gasteiger partial charge in [0, 0.05) is 25.9 Å². The molecule has 0 amide bonds. The predicted octanol–water partition coefficient (Wildman–Crippen LogP) is 1.99. The van der Waals surface area contributed by atoms with Gasteiger partial charge in [0.15, 0.2) is 0 Å². The van der Waals surface area contributed by atoms with Gasteiger partial charge in [0.25, 0.3) is 0 Å². The van der Waals surface area contributed by atoms with E-state index < -0.39 is 0 Å². The molecule has 1 atom stereocenters. The van der Waals surface area contributed by atoms with Crippen LogP contribution in [0.25, 0.3) is 0 Å². The maximum Gasteiger partial charge on any atom is 0.108 e. The molecule has 0 saturated carbocycles. The van der Waals surface area contributed by atoms with Crippen LogP contribution in [-0.2, 0) is 13.5 Å². The van der Waals surface area contributed by atoms with Crippen LogP contribution in [-0.4, -0.2) is 22.6 Å². The highest BCUT2D eigenvalue weighted by Crippen LogP contribution is 2.06. The van der Waals surface area contributed by atoms with Gasteiger partial charge in [0.05, 0.1) is 0 Å². The van der Waals surface area contributed by atoms with Gasteiger partial charge in [-0.15, -0.1) is 0 Å². The van der Waals surface area contributed by atoms with Crippen molar-refractivity contribution >= 4 is 0 Å². The zero-order valence-electron chi connectivity index (χ0n) is 10.2. The molecule has 1 rings (SSSR count). The largest absolute Gasteiger partial charge is 0.338 e. The molecule has 1 heterocycles. The van der Waals surface area contributed by atoms with Crippen LogP contribution in [0.4, 0.5) is 0 Å².